The smallest absolute Gasteiger partial charge is 0.0478 e. The van der Waals surface area contributed by atoms with E-state index in [0.717, 1.165) is 32.6 Å². The topological polar surface area (TPSA) is 24.5 Å². The molecule has 0 aromatic heterocycles. The molecule has 0 spiro atoms. The summed E-state index contributed by atoms with van der Waals surface area (Å²) in [5.41, 5.74) is 6.23. The SMILES string of the molecule is CCOCCCN(C)NC1=CC=C(C)CC1C. The molecule has 1 aliphatic rings. The summed E-state index contributed by atoms with van der Waals surface area (Å²) in [6, 6.07) is 0. The monoisotopic (exact) mass is 238 g/mol. The zero-order valence-electron chi connectivity index (χ0n) is 11.6. The summed E-state index contributed by atoms with van der Waals surface area (Å²) < 4.78 is 5.33. The molecule has 0 bridgehead atoms. The molecule has 1 rings (SSSR count). The molecule has 0 heterocycles. The van der Waals surface area contributed by atoms with Crippen LogP contribution >= 0.6 is 0 Å². The average Bonchev–Trinajstić information content (AvgIpc) is 2.28. The first-order chi connectivity index (χ1) is 8.13. The molecule has 0 saturated heterocycles. The minimum atomic E-state index is 0.592. The molecule has 3 heteroatoms. The van der Waals surface area contributed by atoms with Gasteiger partial charge in [-0.05, 0) is 32.8 Å². The highest BCUT2D eigenvalue weighted by atomic mass is 16.5. The normalized spacial score (nSPS) is 20.2. The summed E-state index contributed by atoms with van der Waals surface area (Å²) in [4.78, 5) is 0. The van der Waals surface area contributed by atoms with Crippen molar-refractivity contribution >= 4 is 0 Å². The van der Waals surface area contributed by atoms with Crippen molar-refractivity contribution in [1.82, 2.24) is 10.4 Å². The van der Waals surface area contributed by atoms with Crippen LogP contribution in [0.25, 0.3) is 0 Å². The lowest BCUT2D eigenvalue weighted by Crippen LogP contribution is -2.37. The van der Waals surface area contributed by atoms with E-state index in [1.165, 1.54) is 11.3 Å². The molecule has 0 aliphatic heterocycles. The van der Waals surface area contributed by atoms with Gasteiger partial charge in [-0.25, -0.2) is 5.01 Å². The van der Waals surface area contributed by atoms with Gasteiger partial charge in [-0.15, -0.1) is 0 Å². The lowest BCUT2D eigenvalue weighted by atomic mass is 9.94. The number of ether oxygens (including phenoxy) is 1. The van der Waals surface area contributed by atoms with Crippen LogP contribution in [-0.2, 0) is 4.74 Å². The van der Waals surface area contributed by atoms with Gasteiger partial charge in [-0.3, -0.25) is 0 Å². The molecule has 0 radical (unpaired) electrons. The Kier molecular flexibility index (Phi) is 6.30. The first kappa shape index (κ1) is 14.3. The number of hydrogen-bond donors (Lipinski definition) is 1. The average molecular weight is 238 g/mol. The van der Waals surface area contributed by atoms with Crippen LogP contribution in [0.3, 0.4) is 0 Å². The van der Waals surface area contributed by atoms with Crippen LogP contribution in [0.2, 0.25) is 0 Å². The molecular weight excluding hydrogens is 212 g/mol. The Labute approximate surface area is 105 Å². The van der Waals surface area contributed by atoms with Gasteiger partial charge in [0.05, 0.1) is 0 Å². The summed E-state index contributed by atoms with van der Waals surface area (Å²) in [7, 11) is 2.09. The zero-order chi connectivity index (χ0) is 12.7. The maximum Gasteiger partial charge on any atom is 0.0478 e. The predicted molar refractivity (Wildman–Crippen MR) is 72.5 cm³/mol. The summed E-state index contributed by atoms with van der Waals surface area (Å²) in [6.45, 7) is 9.15. The molecule has 0 aromatic rings. The van der Waals surface area contributed by atoms with E-state index < -0.39 is 0 Å². The van der Waals surface area contributed by atoms with Gasteiger partial charge in [0.1, 0.15) is 0 Å². The second kappa shape index (κ2) is 7.51. The molecular formula is C14H26N2O. The number of hydrogen-bond acceptors (Lipinski definition) is 3. The molecule has 1 aliphatic carbocycles. The minimum Gasteiger partial charge on any atom is -0.382 e. The Morgan fingerprint density at radius 2 is 2.24 bits per heavy atom. The molecule has 3 nitrogen and oxygen atoms in total. The zero-order valence-corrected chi connectivity index (χ0v) is 11.6. The summed E-state index contributed by atoms with van der Waals surface area (Å²) in [5.74, 6) is 0.592. The fourth-order valence-electron chi connectivity index (χ4n) is 2.03. The predicted octanol–water partition coefficient (Wildman–Crippen LogP) is 2.72. The van der Waals surface area contributed by atoms with Gasteiger partial charge < -0.3 is 10.2 Å². The van der Waals surface area contributed by atoms with Gasteiger partial charge in [-0.2, -0.15) is 0 Å². The third kappa shape index (κ3) is 5.37. The third-order valence-electron chi connectivity index (χ3n) is 3.01. The molecule has 1 unspecified atom stereocenters. The summed E-state index contributed by atoms with van der Waals surface area (Å²) >= 11 is 0. The Bertz CT molecular complexity index is 284. The van der Waals surface area contributed by atoms with Crippen molar-refractivity contribution in [2.24, 2.45) is 5.92 Å². The fourth-order valence-corrected chi connectivity index (χ4v) is 2.03. The van der Waals surface area contributed by atoms with E-state index in [4.69, 9.17) is 4.74 Å². The van der Waals surface area contributed by atoms with Crippen molar-refractivity contribution in [3.8, 4) is 0 Å². The first-order valence-electron chi connectivity index (χ1n) is 6.56. The van der Waals surface area contributed by atoms with E-state index in [1.807, 2.05) is 6.92 Å². The molecule has 0 fully saturated rings. The summed E-state index contributed by atoms with van der Waals surface area (Å²) in [5, 5.41) is 2.15. The second-order valence-corrected chi connectivity index (χ2v) is 4.82. The van der Waals surface area contributed by atoms with Gasteiger partial charge in [0, 0.05) is 38.4 Å². The largest absolute Gasteiger partial charge is 0.382 e. The molecule has 0 saturated carbocycles. The van der Waals surface area contributed by atoms with Crippen molar-refractivity contribution in [1.29, 1.82) is 0 Å². The van der Waals surface area contributed by atoms with Crippen molar-refractivity contribution in [2.45, 2.75) is 33.6 Å². The van der Waals surface area contributed by atoms with Crippen LogP contribution < -0.4 is 5.43 Å². The Balaban J connectivity index is 2.28. The van der Waals surface area contributed by atoms with Gasteiger partial charge in [0.2, 0.25) is 0 Å². The van der Waals surface area contributed by atoms with Gasteiger partial charge in [0.25, 0.3) is 0 Å². The summed E-state index contributed by atoms with van der Waals surface area (Å²) in [6.07, 6.45) is 6.62. The highest BCUT2D eigenvalue weighted by Crippen LogP contribution is 2.22. The van der Waals surface area contributed by atoms with Crippen LogP contribution in [0.15, 0.2) is 23.4 Å². The van der Waals surface area contributed by atoms with E-state index in [0.29, 0.717) is 5.92 Å². The second-order valence-electron chi connectivity index (χ2n) is 4.82. The van der Waals surface area contributed by atoms with Crippen LogP contribution in [0.5, 0.6) is 0 Å². The van der Waals surface area contributed by atoms with E-state index in [9.17, 15) is 0 Å². The fraction of sp³-hybridized carbons (Fsp3) is 0.714. The molecule has 17 heavy (non-hydrogen) atoms. The minimum absolute atomic E-state index is 0.592. The standard InChI is InChI=1S/C14H26N2O/c1-5-17-10-6-9-16(4)15-14-8-7-12(2)11-13(14)3/h7-8,13,15H,5-6,9-11H2,1-4H3. The third-order valence-corrected chi connectivity index (χ3v) is 3.01. The van der Waals surface area contributed by atoms with Gasteiger partial charge in [0.15, 0.2) is 0 Å². The van der Waals surface area contributed by atoms with E-state index >= 15 is 0 Å². The highest BCUT2D eigenvalue weighted by Gasteiger charge is 2.13. The Morgan fingerprint density at radius 3 is 2.88 bits per heavy atom. The lowest BCUT2D eigenvalue weighted by molar-refractivity contribution is 0.129. The molecule has 98 valence electrons. The van der Waals surface area contributed by atoms with Crippen LogP contribution in [0, 0.1) is 5.92 Å². The van der Waals surface area contributed by atoms with Crippen LogP contribution in [0.4, 0.5) is 0 Å². The number of hydrazine groups is 1. The van der Waals surface area contributed by atoms with E-state index in [1.54, 1.807) is 0 Å². The Hall–Kier alpha value is -0.800. The maximum atomic E-state index is 5.33. The Morgan fingerprint density at radius 1 is 1.47 bits per heavy atom. The van der Waals surface area contributed by atoms with Crippen molar-refractivity contribution in [2.75, 3.05) is 26.8 Å². The number of nitrogens with one attached hydrogen (secondary N) is 1. The highest BCUT2D eigenvalue weighted by molar-refractivity contribution is 5.23. The number of nitrogens with zero attached hydrogens (tertiary/aromatic N) is 1. The van der Waals surface area contributed by atoms with Gasteiger partial charge in [-0.1, -0.05) is 18.6 Å². The number of allylic oxidation sites excluding steroid dienone is 4. The van der Waals surface area contributed by atoms with Crippen molar-refractivity contribution in [3.63, 3.8) is 0 Å². The first-order valence-corrected chi connectivity index (χ1v) is 6.56. The number of rotatable bonds is 7. The molecule has 0 aromatic carbocycles. The van der Waals surface area contributed by atoms with Crippen LogP contribution in [-0.4, -0.2) is 31.8 Å². The molecule has 0 amide bonds. The van der Waals surface area contributed by atoms with Crippen molar-refractivity contribution < 1.29 is 4.74 Å². The van der Waals surface area contributed by atoms with Gasteiger partial charge >= 0.3 is 0 Å². The molecule has 1 atom stereocenters. The van der Waals surface area contributed by atoms with Crippen LogP contribution in [0.1, 0.15) is 33.6 Å². The quantitative estimate of drug-likeness (QED) is 0.545. The maximum absolute atomic E-state index is 5.33. The lowest BCUT2D eigenvalue weighted by Gasteiger charge is -2.27. The van der Waals surface area contributed by atoms with E-state index in [2.05, 4.69) is 43.5 Å². The van der Waals surface area contributed by atoms with E-state index in [-0.39, 0.29) is 0 Å². The molecule has 1 N–H and O–H groups in total. The van der Waals surface area contributed by atoms with Crippen molar-refractivity contribution in [3.05, 3.63) is 23.4 Å².